The van der Waals surface area contributed by atoms with Gasteiger partial charge in [0.25, 0.3) is 5.91 Å². The molecule has 0 aromatic rings. The lowest BCUT2D eigenvalue weighted by molar-refractivity contribution is -0.155. The molecule has 2 heterocycles. The zero-order valence-corrected chi connectivity index (χ0v) is 17.8. The first-order valence-corrected chi connectivity index (χ1v) is 12.5. The maximum Gasteiger partial charge on any atom is 0.262 e. The molecule has 29 heavy (non-hydrogen) atoms. The van der Waals surface area contributed by atoms with Crippen molar-refractivity contribution >= 4 is 28.7 Å². The van der Waals surface area contributed by atoms with Crippen molar-refractivity contribution in [2.45, 2.75) is 87.1 Å². The van der Waals surface area contributed by atoms with E-state index in [1.54, 1.807) is 0 Å². The number of rotatable bonds is 3. The topological polar surface area (TPSA) is 71.0 Å². The van der Waals surface area contributed by atoms with Gasteiger partial charge in [-0.05, 0) is 75.5 Å². The van der Waals surface area contributed by atoms with Crippen LogP contribution in [0, 0.1) is 17.8 Å². The van der Waals surface area contributed by atoms with Gasteiger partial charge in [0.1, 0.15) is 11.0 Å². The predicted octanol–water partition coefficient (Wildman–Crippen LogP) is 3.06. The molecule has 3 atom stereocenters. The fourth-order valence-corrected chi connectivity index (χ4v) is 8.58. The van der Waals surface area contributed by atoms with E-state index >= 15 is 0 Å². The summed E-state index contributed by atoms with van der Waals surface area (Å²) >= 11 is 1.49. The van der Waals surface area contributed by atoms with Crippen molar-refractivity contribution < 1.29 is 14.3 Å². The molecule has 5 aliphatic carbocycles. The van der Waals surface area contributed by atoms with Gasteiger partial charge in [0.15, 0.2) is 5.17 Å². The van der Waals surface area contributed by atoms with Crippen molar-refractivity contribution in [3.8, 4) is 0 Å². The largest absolute Gasteiger partial charge is 0.359 e. The Morgan fingerprint density at radius 2 is 1.93 bits per heavy atom. The number of amidine groups is 1. The molecule has 158 valence electrons. The highest BCUT2D eigenvalue weighted by molar-refractivity contribution is 8.15. The van der Waals surface area contributed by atoms with Gasteiger partial charge in [-0.1, -0.05) is 18.2 Å². The maximum absolute atomic E-state index is 13.1. The molecule has 6 nitrogen and oxygen atoms in total. The number of amides is 2. The Morgan fingerprint density at radius 3 is 2.69 bits per heavy atom. The summed E-state index contributed by atoms with van der Waals surface area (Å²) < 4.78 is 6.05. The second-order valence-electron chi connectivity index (χ2n) is 10.3. The number of hydrogen-bond donors (Lipinski definition) is 1. The molecular weight excluding hydrogens is 386 g/mol. The summed E-state index contributed by atoms with van der Waals surface area (Å²) in [4.78, 5) is 32.0. The van der Waals surface area contributed by atoms with Gasteiger partial charge in [-0.2, -0.15) is 4.99 Å². The van der Waals surface area contributed by atoms with Crippen molar-refractivity contribution in [2.24, 2.45) is 22.7 Å². The Balaban J connectivity index is 1.10. The average molecular weight is 418 g/mol. The highest BCUT2D eigenvalue weighted by atomic mass is 32.2. The van der Waals surface area contributed by atoms with Crippen molar-refractivity contribution in [3.63, 3.8) is 0 Å². The van der Waals surface area contributed by atoms with Gasteiger partial charge in [0, 0.05) is 18.5 Å². The van der Waals surface area contributed by atoms with E-state index in [2.05, 4.69) is 10.3 Å². The van der Waals surface area contributed by atoms with Crippen LogP contribution in [-0.4, -0.2) is 51.5 Å². The van der Waals surface area contributed by atoms with Crippen LogP contribution in [0.5, 0.6) is 0 Å². The third-order valence-electron chi connectivity index (χ3n) is 8.56. The van der Waals surface area contributed by atoms with Gasteiger partial charge in [-0.25, -0.2) is 0 Å². The van der Waals surface area contributed by atoms with Gasteiger partial charge in [0.2, 0.25) is 5.91 Å². The molecule has 1 saturated heterocycles. The van der Waals surface area contributed by atoms with Gasteiger partial charge in [-0.15, -0.1) is 0 Å². The lowest BCUT2D eigenvalue weighted by atomic mass is 9.80. The first-order valence-electron chi connectivity index (χ1n) is 11.6. The molecule has 2 aliphatic heterocycles. The third kappa shape index (κ3) is 2.98. The first-order chi connectivity index (χ1) is 14.1. The Labute approximate surface area is 176 Å². The molecule has 7 aliphatic rings. The number of thioether (sulfide) groups is 1. The fourth-order valence-electron chi connectivity index (χ4n) is 7.53. The van der Waals surface area contributed by atoms with E-state index in [9.17, 15) is 9.59 Å². The number of carbonyl (C=O) groups excluding carboxylic acids is 2. The average Bonchev–Trinajstić information content (AvgIpc) is 3.37. The summed E-state index contributed by atoms with van der Waals surface area (Å²) in [5.41, 5.74) is -0.224. The minimum atomic E-state index is -0.398. The van der Waals surface area contributed by atoms with Gasteiger partial charge in [0.05, 0.1) is 6.61 Å². The van der Waals surface area contributed by atoms with Crippen LogP contribution in [0.2, 0.25) is 0 Å². The predicted molar refractivity (Wildman–Crippen MR) is 111 cm³/mol. The van der Waals surface area contributed by atoms with Gasteiger partial charge >= 0.3 is 0 Å². The number of carbonyl (C=O) groups is 2. The van der Waals surface area contributed by atoms with Gasteiger partial charge < -0.3 is 15.0 Å². The number of nitrogens with zero attached hydrogens (tertiary/aromatic N) is 2. The van der Waals surface area contributed by atoms with Crippen LogP contribution in [0.15, 0.2) is 4.99 Å². The second-order valence-corrected chi connectivity index (χ2v) is 11.5. The molecule has 2 amide bonds. The Morgan fingerprint density at radius 1 is 1.17 bits per heavy atom. The molecule has 4 bridgehead atoms. The van der Waals surface area contributed by atoms with Crippen LogP contribution >= 0.6 is 11.8 Å². The monoisotopic (exact) mass is 417 g/mol. The molecular formula is C22H31N3O3S. The van der Waals surface area contributed by atoms with Crippen molar-refractivity contribution in [2.75, 3.05) is 13.2 Å². The van der Waals surface area contributed by atoms with Crippen molar-refractivity contribution in [1.29, 1.82) is 0 Å². The summed E-state index contributed by atoms with van der Waals surface area (Å²) in [6.07, 6.45) is 12.1. The highest BCUT2D eigenvalue weighted by Crippen LogP contribution is 2.60. The van der Waals surface area contributed by atoms with E-state index < -0.39 is 5.72 Å². The quantitative estimate of drug-likeness (QED) is 0.764. The molecule has 3 unspecified atom stereocenters. The number of hydrogen-bond acceptors (Lipinski definition) is 5. The Hall–Kier alpha value is -1.08. The van der Waals surface area contributed by atoms with Crippen LogP contribution in [0.25, 0.3) is 0 Å². The summed E-state index contributed by atoms with van der Waals surface area (Å²) in [5, 5.41) is 4.11. The molecule has 1 N–H and O–H groups in total. The summed E-state index contributed by atoms with van der Waals surface area (Å²) in [5.74, 6) is 2.39. The third-order valence-corrected chi connectivity index (χ3v) is 9.63. The van der Waals surface area contributed by atoms with Crippen LogP contribution in [0.4, 0.5) is 0 Å². The maximum atomic E-state index is 13.1. The second kappa shape index (κ2) is 6.71. The Bertz CT molecular complexity index is 748. The zero-order chi connectivity index (χ0) is 19.6. The highest BCUT2D eigenvalue weighted by Gasteiger charge is 2.58. The summed E-state index contributed by atoms with van der Waals surface area (Å²) in [6.45, 7) is 1.27. The molecule has 0 aromatic carbocycles. The molecule has 1 spiro atoms. The molecule has 5 saturated carbocycles. The summed E-state index contributed by atoms with van der Waals surface area (Å²) in [7, 11) is 0. The van der Waals surface area contributed by atoms with E-state index in [1.807, 2.05) is 4.90 Å². The van der Waals surface area contributed by atoms with Gasteiger partial charge in [-0.3, -0.25) is 9.59 Å². The van der Waals surface area contributed by atoms with E-state index in [0.29, 0.717) is 13.2 Å². The normalized spacial score (nSPS) is 42.1. The van der Waals surface area contributed by atoms with Crippen LogP contribution in [0.3, 0.4) is 0 Å². The summed E-state index contributed by atoms with van der Waals surface area (Å²) in [6, 6.07) is 0. The minimum Gasteiger partial charge on any atom is -0.359 e. The number of nitrogens with one attached hydrogen (secondary N) is 1. The molecule has 0 radical (unpaired) electrons. The molecule has 6 fully saturated rings. The smallest absolute Gasteiger partial charge is 0.262 e. The van der Waals surface area contributed by atoms with E-state index in [-0.39, 0.29) is 29.0 Å². The fraction of sp³-hybridized carbons (Fsp3) is 0.864. The molecule has 7 heteroatoms. The van der Waals surface area contributed by atoms with E-state index in [1.165, 1.54) is 50.3 Å². The SMILES string of the molecule is O=C1N=C(NC23CC4CC(CC2C4)C3)SC1CC(=O)N1CCOC12CCCCC2. The zero-order valence-electron chi connectivity index (χ0n) is 17.0. The number of ether oxygens (including phenoxy) is 1. The molecule has 7 rings (SSSR count). The van der Waals surface area contributed by atoms with Crippen LogP contribution in [-0.2, 0) is 14.3 Å². The van der Waals surface area contributed by atoms with Crippen LogP contribution < -0.4 is 5.32 Å². The van der Waals surface area contributed by atoms with E-state index in [4.69, 9.17) is 4.74 Å². The molecule has 0 aromatic heterocycles. The number of aliphatic imine (C=N–C) groups is 1. The standard InChI is InChI=1S/C22H31N3O3S/c26-18(25-6-7-28-22(25)4-2-1-3-5-22)11-17-19(27)23-20(29-17)24-21-12-14-8-15(13-21)10-16(21)9-14/h14-17H,1-13H2,(H,23,24,27). The Kier molecular flexibility index (Phi) is 4.32. The first kappa shape index (κ1) is 18.7. The lowest BCUT2D eigenvalue weighted by Crippen LogP contribution is -2.50. The van der Waals surface area contributed by atoms with Crippen LogP contribution in [0.1, 0.15) is 70.6 Å². The lowest BCUT2D eigenvalue weighted by Gasteiger charge is -2.40. The van der Waals surface area contributed by atoms with E-state index in [0.717, 1.165) is 48.6 Å². The van der Waals surface area contributed by atoms with Crippen molar-refractivity contribution in [1.82, 2.24) is 10.2 Å². The van der Waals surface area contributed by atoms with Crippen molar-refractivity contribution in [3.05, 3.63) is 0 Å². The minimum absolute atomic E-state index is 0.0608.